The quantitative estimate of drug-likeness (QED) is 0.872. The van der Waals surface area contributed by atoms with Crippen LogP contribution in [0.25, 0.3) is 0 Å². The molecule has 0 aliphatic heterocycles. The molecule has 20 heavy (non-hydrogen) atoms. The fourth-order valence-corrected chi connectivity index (χ4v) is 2.08. The van der Waals surface area contributed by atoms with Crippen molar-refractivity contribution in [2.75, 3.05) is 5.32 Å². The standard InChI is InChI=1S/C14H7BrClFN2O/c15-9-2-4-12(17)10(6-9)14(20)19-13-5-8(7-18)1-3-11(13)16/h1-6H,(H,19,20). The lowest BCUT2D eigenvalue weighted by atomic mass is 10.1. The number of nitrogens with one attached hydrogen (secondary N) is 1. The van der Waals surface area contributed by atoms with Crippen LogP contribution >= 0.6 is 27.5 Å². The Hall–Kier alpha value is -1.90. The SMILES string of the molecule is N#Cc1ccc(Cl)c(NC(=O)c2cc(Br)ccc2F)c1. The predicted octanol–water partition coefficient (Wildman–Crippen LogP) is 4.37. The summed E-state index contributed by atoms with van der Waals surface area (Å²) in [4.78, 5) is 12.0. The molecule has 1 amide bonds. The maximum atomic E-state index is 13.6. The molecular weight excluding hydrogens is 347 g/mol. The lowest BCUT2D eigenvalue weighted by molar-refractivity contribution is 0.102. The predicted molar refractivity (Wildman–Crippen MR) is 78.2 cm³/mol. The van der Waals surface area contributed by atoms with E-state index < -0.39 is 11.7 Å². The number of carbonyl (C=O) groups is 1. The van der Waals surface area contributed by atoms with Gasteiger partial charge in [0.1, 0.15) is 5.82 Å². The zero-order valence-corrected chi connectivity index (χ0v) is 12.3. The van der Waals surface area contributed by atoms with Crippen LogP contribution in [-0.4, -0.2) is 5.91 Å². The summed E-state index contributed by atoms with van der Waals surface area (Å²) < 4.78 is 14.2. The van der Waals surface area contributed by atoms with Crippen LogP contribution in [0.3, 0.4) is 0 Å². The molecule has 0 saturated heterocycles. The topological polar surface area (TPSA) is 52.9 Å². The minimum absolute atomic E-state index is 0.113. The first-order valence-corrected chi connectivity index (χ1v) is 6.64. The van der Waals surface area contributed by atoms with Gasteiger partial charge < -0.3 is 5.32 Å². The van der Waals surface area contributed by atoms with Crippen molar-refractivity contribution in [3.05, 3.63) is 62.8 Å². The molecule has 0 spiro atoms. The Kier molecular flexibility index (Phi) is 4.38. The van der Waals surface area contributed by atoms with Crippen molar-refractivity contribution in [1.82, 2.24) is 0 Å². The van der Waals surface area contributed by atoms with Gasteiger partial charge in [0.15, 0.2) is 0 Å². The molecule has 6 heteroatoms. The van der Waals surface area contributed by atoms with Gasteiger partial charge in [-0.3, -0.25) is 4.79 Å². The van der Waals surface area contributed by atoms with E-state index in [1.54, 1.807) is 0 Å². The number of anilines is 1. The zero-order valence-electron chi connectivity index (χ0n) is 9.95. The van der Waals surface area contributed by atoms with Crippen LogP contribution in [0.5, 0.6) is 0 Å². The van der Waals surface area contributed by atoms with Gasteiger partial charge in [0.25, 0.3) is 5.91 Å². The van der Waals surface area contributed by atoms with E-state index in [0.29, 0.717) is 10.0 Å². The minimum Gasteiger partial charge on any atom is -0.320 e. The molecule has 3 nitrogen and oxygen atoms in total. The summed E-state index contributed by atoms with van der Waals surface area (Å²) in [5, 5.41) is 11.6. The van der Waals surface area contributed by atoms with E-state index in [4.69, 9.17) is 16.9 Å². The van der Waals surface area contributed by atoms with Crippen LogP contribution in [0.4, 0.5) is 10.1 Å². The Labute approximate surface area is 128 Å². The average molecular weight is 354 g/mol. The first-order valence-electron chi connectivity index (χ1n) is 5.47. The summed E-state index contributed by atoms with van der Waals surface area (Å²) in [7, 11) is 0. The van der Waals surface area contributed by atoms with Gasteiger partial charge in [-0.15, -0.1) is 0 Å². The Morgan fingerprint density at radius 3 is 2.75 bits per heavy atom. The number of benzene rings is 2. The fraction of sp³-hybridized carbons (Fsp3) is 0. The van der Waals surface area contributed by atoms with Crippen molar-refractivity contribution in [3.8, 4) is 6.07 Å². The van der Waals surface area contributed by atoms with E-state index in [-0.39, 0.29) is 16.3 Å². The first kappa shape index (κ1) is 14.5. The first-order chi connectivity index (χ1) is 9.51. The van der Waals surface area contributed by atoms with Gasteiger partial charge in [0.05, 0.1) is 27.9 Å². The molecule has 0 saturated carbocycles. The summed E-state index contributed by atoms with van der Waals surface area (Å²) in [5.74, 6) is -1.28. The van der Waals surface area contributed by atoms with Crippen LogP contribution in [0, 0.1) is 17.1 Å². The molecule has 1 N–H and O–H groups in total. The third-order valence-electron chi connectivity index (χ3n) is 2.52. The number of nitriles is 1. The molecule has 0 heterocycles. The lowest BCUT2D eigenvalue weighted by Crippen LogP contribution is -2.14. The minimum atomic E-state index is -0.640. The number of hydrogen-bond acceptors (Lipinski definition) is 2. The van der Waals surface area contributed by atoms with E-state index in [9.17, 15) is 9.18 Å². The highest BCUT2D eigenvalue weighted by Gasteiger charge is 2.14. The van der Waals surface area contributed by atoms with Gasteiger partial charge in [0, 0.05) is 4.47 Å². The van der Waals surface area contributed by atoms with Crippen molar-refractivity contribution in [2.24, 2.45) is 0 Å². The summed E-state index contributed by atoms with van der Waals surface area (Å²) in [6.07, 6.45) is 0. The molecule has 0 aromatic heterocycles. The Morgan fingerprint density at radius 1 is 1.30 bits per heavy atom. The van der Waals surface area contributed by atoms with Gasteiger partial charge in [-0.05, 0) is 36.4 Å². The molecule has 2 rings (SSSR count). The molecule has 0 radical (unpaired) electrons. The highest BCUT2D eigenvalue weighted by atomic mass is 79.9. The second-order valence-corrected chi connectivity index (χ2v) is 5.21. The molecular formula is C14H7BrClFN2O. The van der Waals surface area contributed by atoms with Crippen LogP contribution < -0.4 is 5.32 Å². The van der Waals surface area contributed by atoms with E-state index >= 15 is 0 Å². The maximum Gasteiger partial charge on any atom is 0.258 e. The number of rotatable bonds is 2. The maximum absolute atomic E-state index is 13.6. The third-order valence-corrected chi connectivity index (χ3v) is 3.34. The summed E-state index contributed by atoms with van der Waals surface area (Å²) in [6, 6.07) is 10.4. The second kappa shape index (κ2) is 6.04. The molecule has 0 atom stereocenters. The number of hydrogen-bond donors (Lipinski definition) is 1. The summed E-state index contributed by atoms with van der Waals surface area (Å²) in [6.45, 7) is 0. The smallest absolute Gasteiger partial charge is 0.258 e. The van der Waals surface area contributed by atoms with E-state index in [1.807, 2.05) is 6.07 Å². The number of amides is 1. The van der Waals surface area contributed by atoms with Crippen molar-refractivity contribution in [2.45, 2.75) is 0 Å². The van der Waals surface area contributed by atoms with Gasteiger partial charge in [-0.2, -0.15) is 5.26 Å². The van der Waals surface area contributed by atoms with Crippen LogP contribution in [0.15, 0.2) is 40.9 Å². The normalized spacial score (nSPS) is 9.90. The Balaban J connectivity index is 2.33. The molecule has 0 aliphatic carbocycles. The van der Waals surface area contributed by atoms with Gasteiger partial charge in [0.2, 0.25) is 0 Å². The van der Waals surface area contributed by atoms with Crippen molar-refractivity contribution in [3.63, 3.8) is 0 Å². The van der Waals surface area contributed by atoms with Crippen molar-refractivity contribution < 1.29 is 9.18 Å². The molecule has 0 unspecified atom stereocenters. The number of halogens is 3. The molecule has 0 aliphatic rings. The monoisotopic (exact) mass is 352 g/mol. The van der Waals surface area contributed by atoms with Crippen molar-refractivity contribution in [1.29, 1.82) is 5.26 Å². The fourth-order valence-electron chi connectivity index (χ4n) is 1.55. The summed E-state index contributed by atoms with van der Waals surface area (Å²) in [5.41, 5.74) is 0.493. The molecule has 0 fully saturated rings. The zero-order chi connectivity index (χ0) is 14.7. The summed E-state index contributed by atoms with van der Waals surface area (Å²) >= 11 is 9.10. The Morgan fingerprint density at radius 2 is 2.05 bits per heavy atom. The Bertz CT molecular complexity index is 728. The van der Waals surface area contributed by atoms with Gasteiger partial charge in [-0.25, -0.2) is 4.39 Å². The van der Waals surface area contributed by atoms with Crippen LogP contribution in [-0.2, 0) is 0 Å². The molecule has 2 aromatic carbocycles. The lowest BCUT2D eigenvalue weighted by Gasteiger charge is -2.08. The molecule has 100 valence electrons. The average Bonchev–Trinajstić information content (AvgIpc) is 2.43. The molecule has 0 bridgehead atoms. The van der Waals surface area contributed by atoms with E-state index in [2.05, 4.69) is 21.2 Å². The van der Waals surface area contributed by atoms with Crippen LogP contribution in [0.1, 0.15) is 15.9 Å². The van der Waals surface area contributed by atoms with Gasteiger partial charge in [-0.1, -0.05) is 27.5 Å². The van der Waals surface area contributed by atoms with Crippen molar-refractivity contribution >= 4 is 39.1 Å². The number of carbonyl (C=O) groups excluding carboxylic acids is 1. The molecule has 2 aromatic rings. The second-order valence-electron chi connectivity index (χ2n) is 3.88. The number of nitrogens with zero attached hydrogens (tertiary/aromatic N) is 1. The van der Waals surface area contributed by atoms with Crippen LogP contribution in [0.2, 0.25) is 5.02 Å². The third kappa shape index (κ3) is 3.16. The van der Waals surface area contributed by atoms with E-state index in [0.717, 1.165) is 0 Å². The van der Waals surface area contributed by atoms with E-state index in [1.165, 1.54) is 36.4 Å². The largest absolute Gasteiger partial charge is 0.320 e. The highest BCUT2D eigenvalue weighted by Crippen LogP contribution is 2.24. The highest BCUT2D eigenvalue weighted by molar-refractivity contribution is 9.10. The van der Waals surface area contributed by atoms with Gasteiger partial charge >= 0.3 is 0 Å².